The quantitative estimate of drug-likeness (QED) is 0.0662. The summed E-state index contributed by atoms with van der Waals surface area (Å²) in [5.41, 5.74) is 0. The Labute approximate surface area is 401 Å². The van der Waals surface area contributed by atoms with Crippen LogP contribution in [0, 0.1) is 0 Å². The fourth-order valence-corrected chi connectivity index (χ4v) is 17.0. The average Bonchev–Trinajstić information content (AvgIpc) is 4.15. The van der Waals surface area contributed by atoms with Gasteiger partial charge in [0.15, 0.2) is 0 Å². The van der Waals surface area contributed by atoms with Crippen molar-refractivity contribution >= 4 is 90.7 Å². The summed E-state index contributed by atoms with van der Waals surface area (Å²) in [6.45, 7) is 6.44. The number of aryl methyl sites for hydroxylation is 2. The largest absolute Gasteiger partial charge is 0.308 e. The summed E-state index contributed by atoms with van der Waals surface area (Å²) in [5.74, 6) is 0. The molecule has 324 valence electrons. The molecular formula is C52H58N2S8. The van der Waals surface area contributed by atoms with Crippen molar-refractivity contribution in [3.05, 3.63) is 117 Å². The first-order chi connectivity index (χ1) is 30.6. The lowest BCUT2D eigenvalue weighted by atomic mass is 9.90. The lowest BCUT2D eigenvalue weighted by Crippen LogP contribution is -2.49. The minimum absolute atomic E-state index is 0.498. The zero-order valence-electron chi connectivity index (χ0n) is 36.0. The Morgan fingerprint density at radius 2 is 0.613 bits per heavy atom. The van der Waals surface area contributed by atoms with E-state index in [9.17, 15) is 0 Å². The molecule has 1 aliphatic rings. The van der Waals surface area contributed by atoms with Crippen molar-refractivity contribution < 1.29 is 0 Å². The molecular weight excluding hydrogens is 909 g/mol. The van der Waals surface area contributed by atoms with Gasteiger partial charge in [-0.15, -0.1) is 90.7 Å². The molecule has 10 heteroatoms. The second-order valence-electron chi connectivity index (χ2n) is 16.6. The molecule has 2 nitrogen and oxygen atoms in total. The maximum atomic E-state index is 3.99. The van der Waals surface area contributed by atoms with Crippen LogP contribution >= 0.6 is 90.7 Å². The predicted octanol–water partition coefficient (Wildman–Crippen LogP) is 18.6. The molecule has 62 heavy (non-hydrogen) atoms. The van der Waals surface area contributed by atoms with E-state index in [0.717, 1.165) is 13.1 Å². The van der Waals surface area contributed by atoms with Crippen molar-refractivity contribution in [2.45, 2.75) is 129 Å². The molecule has 1 aliphatic carbocycles. The third-order valence-electron chi connectivity index (χ3n) is 11.9. The standard InChI is InChI=1S/C52H58N2S8/c1-3-5-7-9-13-35-17-21-41(55-35)45-25-29-49(59-45)51-31-27-47(61-51)43-23-19-37(57-43)33-53-39-15-11-12-16-40(39)54-34-38-20-24-44(58-38)48-28-32-52(62-48)50-30-26-46(60-50)42-22-18-36(56-42)14-10-8-6-4-2/h17-32,39-40,53-54H,3-16,33-34H2,1-2H3. The van der Waals surface area contributed by atoms with Crippen molar-refractivity contribution in [2.24, 2.45) is 0 Å². The molecule has 2 unspecified atom stereocenters. The molecule has 0 amide bonds. The van der Waals surface area contributed by atoms with Gasteiger partial charge in [0.1, 0.15) is 0 Å². The lowest BCUT2D eigenvalue weighted by molar-refractivity contribution is 0.282. The average molecular weight is 968 g/mol. The number of rotatable bonds is 22. The summed E-state index contributed by atoms with van der Waals surface area (Å²) in [5, 5.41) is 7.98. The number of thiophene rings is 8. The van der Waals surface area contributed by atoms with Crippen molar-refractivity contribution in [3.8, 4) is 58.5 Å². The van der Waals surface area contributed by atoms with Gasteiger partial charge < -0.3 is 10.6 Å². The van der Waals surface area contributed by atoms with E-state index in [1.165, 1.54) is 168 Å². The van der Waals surface area contributed by atoms with E-state index >= 15 is 0 Å². The first-order valence-electron chi connectivity index (χ1n) is 22.8. The Kier molecular flexibility index (Phi) is 16.0. The molecule has 8 aromatic rings. The van der Waals surface area contributed by atoms with Gasteiger partial charge in [-0.25, -0.2) is 0 Å². The van der Waals surface area contributed by atoms with Crippen LogP contribution in [0.4, 0.5) is 0 Å². The Bertz CT molecular complexity index is 2400. The Morgan fingerprint density at radius 1 is 0.339 bits per heavy atom. The van der Waals surface area contributed by atoms with Crippen molar-refractivity contribution in [1.29, 1.82) is 0 Å². The van der Waals surface area contributed by atoms with Gasteiger partial charge >= 0.3 is 0 Å². The highest BCUT2D eigenvalue weighted by Crippen LogP contribution is 2.45. The summed E-state index contributed by atoms with van der Waals surface area (Å²) in [6, 6.07) is 38.3. The maximum Gasteiger partial charge on any atom is 0.0449 e. The normalized spacial score (nSPS) is 15.6. The Balaban J connectivity index is 0.750. The third kappa shape index (κ3) is 11.5. The van der Waals surface area contributed by atoms with Gasteiger partial charge in [-0.1, -0.05) is 65.2 Å². The Morgan fingerprint density at radius 3 is 0.935 bits per heavy atom. The first kappa shape index (κ1) is 44.7. The van der Waals surface area contributed by atoms with Crippen LogP contribution < -0.4 is 10.6 Å². The summed E-state index contributed by atoms with van der Waals surface area (Å²) in [4.78, 5) is 22.5. The van der Waals surface area contributed by atoms with Crippen LogP contribution in [0.25, 0.3) is 58.5 Å². The van der Waals surface area contributed by atoms with E-state index in [-0.39, 0.29) is 0 Å². The van der Waals surface area contributed by atoms with E-state index in [0.29, 0.717) is 12.1 Å². The van der Waals surface area contributed by atoms with Crippen LogP contribution in [-0.2, 0) is 25.9 Å². The highest BCUT2D eigenvalue weighted by molar-refractivity contribution is 7.29. The smallest absolute Gasteiger partial charge is 0.0449 e. The molecule has 1 saturated carbocycles. The molecule has 8 heterocycles. The maximum absolute atomic E-state index is 3.99. The highest BCUT2D eigenvalue weighted by atomic mass is 32.1. The third-order valence-corrected chi connectivity index (χ3v) is 21.9. The van der Waals surface area contributed by atoms with E-state index in [2.05, 4.69) is 122 Å². The number of hydrogen-bond acceptors (Lipinski definition) is 10. The van der Waals surface area contributed by atoms with Crippen LogP contribution in [0.5, 0.6) is 0 Å². The summed E-state index contributed by atoms with van der Waals surface area (Å²) >= 11 is 15.6. The van der Waals surface area contributed by atoms with Gasteiger partial charge in [0.2, 0.25) is 0 Å². The first-order valence-corrected chi connectivity index (χ1v) is 29.3. The molecule has 9 rings (SSSR count). The molecule has 0 saturated heterocycles. The van der Waals surface area contributed by atoms with Crippen LogP contribution in [0.2, 0.25) is 0 Å². The summed E-state index contributed by atoms with van der Waals surface area (Å²) in [6.07, 6.45) is 18.1. The summed E-state index contributed by atoms with van der Waals surface area (Å²) in [7, 11) is 0. The number of nitrogens with one attached hydrogen (secondary N) is 2. The van der Waals surface area contributed by atoms with Crippen molar-refractivity contribution in [3.63, 3.8) is 0 Å². The SMILES string of the molecule is CCCCCCc1ccc(-c2ccc(-c3ccc(-c4ccc(CNC5CCCCC5NCc5ccc(-c6ccc(-c7ccc(-c8ccc(CCCCCC)s8)s7)s6)s5)s4)s3)s2)s1. The van der Waals surface area contributed by atoms with E-state index in [1.807, 2.05) is 90.7 Å². The minimum atomic E-state index is 0.498. The molecule has 2 atom stereocenters. The molecule has 2 N–H and O–H groups in total. The molecule has 0 aromatic carbocycles. The zero-order valence-corrected chi connectivity index (χ0v) is 42.5. The van der Waals surface area contributed by atoms with Gasteiger partial charge in [0, 0.05) is 103 Å². The minimum Gasteiger partial charge on any atom is -0.308 e. The van der Waals surface area contributed by atoms with Gasteiger partial charge in [0.05, 0.1) is 0 Å². The fraction of sp³-hybridized carbons (Fsp3) is 0.385. The zero-order chi connectivity index (χ0) is 42.1. The molecule has 0 spiro atoms. The topological polar surface area (TPSA) is 24.1 Å². The van der Waals surface area contributed by atoms with Gasteiger partial charge in [-0.3, -0.25) is 0 Å². The number of unbranched alkanes of at least 4 members (excludes halogenated alkanes) is 6. The van der Waals surface area contributed by atoms with Crippen LogP contribution in [0.1, 0.15) is 110 Å². The molecule has 0 bridgehead atoms. The van der Waals surface area contributed by atoms with E-state index in [1.54, 1.807) is 0 Å². The van der Waals surface area contributed by atoms with Crippen LogP contribution in [0.3, 0.4) is 0 Å². The van der Waals surface area contributed by atoms with E-state index in [4.69, 9.17) is 0 Å². The molecule has 1 fully saturated rings. The molecule has 8 aromatic heterocycles. The molecule has 0 aliphatic heterocycles. The molecule has 0 radical (unpaired) electrons. The van der Waals surface area contributed by atoms with Gasteiger partial charge in [-0.05, 0) is 136 Å². The van der Waals surface area contributed by atoms with Gasteiger partial charge in [-0.2, -0.15) is 0 Å². The van der Waals surface area contributed by atoms with Crippen molar-refractivity contribution in [1.82, 2.24) is 10.6 Å². The van der Waals surface area contributed by atoms with Crippen LogP contribution in [0.15, 0.2) is 97.1 Å². The van der Waals surface area contributed by atoms with E-state index < -0.39 is 0 Å². The van der Waals surface area contributed by atoms with Gasteiger partial charge in [0.25, 0.3) is 0 Å². The monoisotopic (exact) mass is 966 g/mol. The number of hydrogen-bond donors (Lipinski definition) is 2. The second kappa shape index (κ2) is 22.1. The highest BCUT2D eigenvalue weighted by Gasteiger charge is 2.25. The lowest BCUT2D eigenvalue weighted by Gasteiger charge is -2.33. The predicted molar refractivity (Wildman–Crippen MR) is 284 cm³/mol. The second-order valence-corrected chi connectivity index (χ2v) is 25.6. The fourth-order valence-electron chi connectivity index (χ4n) is 8.45. The summed E-state index contributed by atoms with van der Waals surface area (Å²) < 4.78 is 0. The Hall–Kier alpha value is -2.48. The van der Waals surface area contributed by atoms with Crippen LogP contribution in [-0.4, -0.2) is 12.1 Å². The van der Waals surface area contributed by atoms with Crippen molar-refractivity contribution in [2.75, 3.05) is 0 Å².